The number of hydrogen-bond acceptors (Lipinski definition) is 3. The Labute approximate surface area is 127 Å². The lowest BCUT2D eigenvalue weighted by Crippen LogP contribution is -2.32. The van der Waals surface area contributed by atoms with Gasteiger partial charge in [0.2, 0.25) is 0 Å². The molecule has 118 valence electrons. The molecule has 1 fully saturated rings. The molecule has 3 atom stereocenters. The van der Waals surface area contributed by atoms with Crippen LogP contribution >= 0.6 is 0 Å². The molecular weight excluding hydrogens is 267 g/mol. The molecule has 0 aromatic heterocycles. The molecular formula is C17H27FN2O. The van der Waals surface area contributed by atoms with Gasteiger partial charge in [0.1, 0.15) is 5.82 Å². The van der Waals surface area contributed by atoms with Crippen LogP contribution in [-0.2, 0) is 0 Å². The Hall–Kier alpha value is -0.970. The zero-order valence-corrected chi connectivity index (χ0v) is 13.3. The van der Waals surface area contributed by atoms with Gasteiger partial charge in [-0.2, -0.15) is 0 Å². The normalized spacial score (nSPS) is 22.7. The number of halogens is 1. The van der Waals surface area contributed by atoms with E-state index in [1.807, 2.05) is 6.92 Å². The number of aliphatic hydroxyl groups is 1. The van der Waals surface area contributed by atoms with Gasteiger partial charge in [-0.05, 0) is 45.0 Å². The molecule has 0 amide bonds. The highest BCUT2D eigenvalue weighted by Gasteiger charge is 2.24. The summed E-state index contributed by atoms with van der Waals surface area (Å²) in [6, 6.07) is 6.50. The van der Waals surface area contributed by atoms with E-state index in [1.54, 1.807) is 18.2 Å². The highest BCUT2D eigenvalue weighted by atomic mass is 19.1. The molecule has 2 rings (SSSR count). The van der Waals surface area contributed by atoms with Gasteiger partial charge < -0.3 is 14.9 Å². The molecule has 1 saturated heterocycles. The summed E-state index contributed by atoms with van der Waals surface area (Å²) in [5.74, 6) is 0.390. The molecule has 0 saturated carbocycles. The summed E-state index contributed by atoms with van der Waals surface area (Å²) >= 11 is 0. The van der Waals surface area contributed by atoms with Crippen molar-refractivity contribution in [2.24, 2.45) is 11.8 Å². The lowest BCUT2D eigenvalue weighted by molar-refractivity contribution is 0.0882. The first-order valence-corrected chi connectivity index (χ1v) is 7.77. The summed E-state index contributed by atoms with van der Waals surface area (Å²) in [5.41, 5.74) is 0.402. The maximum absolute atomic E-state index is 13.7. The van der Waals surface area contributed by atoms with E-state index < -0.39 is 6.10 Å². The van der Waals surface area contributed by atoms with Crippen LogP contribution in [0, 0.1) is 17.7 Å². The summed E-state index contributed by atoms with van der Waals surface area (Å²) in [6.45, 7) is 6.11. The largest absolute Gasteiger partial charge is 0.388 e. The fraction of sp³-hybridized carbons (Fsp3) is 0.647. The van der Waals surface area contributed by atoms with Crippen molar-refractivity contribution in [3.05, 3.63) is 35.6 Å². The maximum atomic E-state index is 13.7. The van der Waals surface area contributed by atoms with E-state index in [0.717, 1.165) is 19.6 Å². The summed E-state index contributed by atoms with van der Waals surface area (Å²) < 4.78 is 13.7. The number of nitrogens with zero attached hydrogens (tertiary/aromatic N) is 2. The van der Waals surface area contributed by atoms with E-state index in [1.165, 1.54) is 19.0 Å². The van der Waals surface area contributed by atoms with Gasteiger partial charge in [-0.15, -0.1) is 0 Å². The van der Waals surface area contributed by atoms with Gasteiger partial charge in [-0.1, -0.05) is 25.1 Å². The Morgan fingerprint density at radius 2 is 2.14 bits per heavy atom. The first-order chi connectivity index (χ1) is 9.97. The standard InChI is InChI=1S/C17H27FN2O/c1-13(17(21)15-6-4-5-7-16(15)18)10-20(3)12-14-8-9-19(2)11-14/h4-7,13-14,17,21H,8-12H2,1-3H3. The van der Waals surface area contributed by atoms with Gasteiger partial charge in [0.15, 0.2) is 0 Å². The van der Waals surface area contributed by atoms with Gasteiger partial charge in [-0.3, -0.25) is 0 Å². The van der Waals surface area contributed by atoms with Crippen LogP contribution < -0.4 is 0 Å². The average Bonchev–Trinajstić information content (AvgIpc) is 2.83. The Bertz CT molecular complexity index is 454. The molecule has 1 aromatic carbocycles. The third kappa shape index (κ3) is 4.50. The zero-order valence-electron chi connectivity index (χ0n) is 13.3. The first-order valence-electron chi connectivity index (χ1n) is 7.77. The van der Waals surface area contributed by atoms with Crippen LogP contribution in [0.3, 0.4) is 0 Å². The van der Waals surface area contributed by atoms with Gasteiger partial charge >= 0.3 is 0 Å². The maximum Gasteiger partial charge on any atom is 0.129 e. The monoisotopic (exact) mass is 294 g/mol. The predicted molar refractivity (Wildman–Crippen MR) is 83.6 cm³/mol. The van der Waals surface area contributed by atoms with Crippen molar-refractivity contribution < 1.29 is 9.50 Å². The van der Waals surface area contributed by atoms with E-state index in [9.17, 15) is 9.50 Å². The summed E-state index contributed by atoms with van der Waals surface area (Å²) in [7, 11) is 4.24. The molecule has 1 N–H and O–H groups in total. The average molecular weight is 294 g/mol. The fourth-order valence-electron chi connectivity index (χ4n) is 3.30. The van der Waals surface area contributed by atoms with Gasteiger partial charge in [0, 0.05) is 25.2 Å². The van der Waals surface area contributed by atoms with E-state index in [2.05, 4.69) is 23.9 Å². The molecule has 0 bridgehead atoms. The molecule has 1 aromatic rings. The van der Waals surface area contributed by atoms with Crippen LogP contribution in [0.2, 0.25) is 0 Å². The summed E-state index contributed by atoms with van der Waals surface area (Å²) in [6.07, 6.45) is 0.491. The second kappa shape index (κ2) is 7.34. The molecule has 3 unspecified atom stereocenters. The Kier molecular flexibility index (Phi) is 5.73. The second-order valence-corrected chi connectivity index (χ2v) is 6.58. The van der Waals surface area contributed by atoms with E-state index >= 15 is 0 Å². The second-order valence-electron chi connectivity index (χ2n) is 6.58. The molecule has 0 aliphatic carbocycles. The highest BCUT2D eigenvalue weighted by molar-refractivity contribution is 5.20. The van der Waals surface area contributed by atoms with Crippen LogP contribution in [0.1, 0.15) is 25.0 Å². The fourth-order valence-corrected chi connectivity index (χ4v) is 3.30. The Morgan fingerprint density at radius 3 is 2.76 bits per heavy atom. The smallest absolute Gasteiger partial charge is 0.129 e. The van der Waals surface area contributed by atoms with Gasteiger partial charge in [-0.25, -0.2) is 4.39 Å². The van der Waals surface area contributed by atoms with Crippen molar-refractivity contribution in [1.29, 1.82) is 0 Å². The highest BCUT2D eigenvalue weighted by Crippen LogP contribution is 2.25. The Morgan fingerprint density at radius 1 is 1.43 bits per heavy atom. The third-order valence-electron chi connectivity index (χ3n) is 4.42. The minimum Gasteiger partial charge on any atom is -0.388 e. The predicted octanol–water partition coefficient (Wildman–Crippen LogP) is 2.38. The molecule has 0 spiro atoms. The van der Waals surface area contributed by atoms with Crippen molar-refractivity contribution in [1.82, 2.24) is 9.80 Å². The van der Waals surface area contributed by atoms with Gasteiger partial charge in [0.25, 0.3) is 0 Å². The van der Waals surface area contributed by atoms with Crippen molar-refractivity contribution in [3.8, 4) is 0 Å². The van der Waals surface area contributed by atoms with Crippen LogP contribution in [0.25, 0.3) is 0 Å². The molecule has 1 aliphatic rings. The minimum atomic E-state index is -0.750. The number of likely N-dealkylation sites (tertiary alicyclic amines) is 1. The Balaban J connectivity index is 1.85. The van der Waals surface area contributed by atoms with Crippen LogP contribution in [0.5, 0.6) is 0 Å². The molecule has 1 heterocycles. The lowest BCUT2D eigenvalue weighted by atomic mass is 9.96. The summed E-state index contributed by atoms with van der Waals surface area (Å²) in [4.78, 5) is 4.62. The van der Waals surface area contributed by atoms with E-state index in [-0.39, 0.29) is 11.7 Å². The molecule has 1 aliphatic heterocycles. The summed E-state index contributed by atoms with van der Waals surface area (Å²) in [5, 5.41) is 10.3. The van der Waals surface area contributed by atoms with Crippen molar-refractivity contribution in [3.63, 3.8) is 0 Å². The van der Waals surface area contributed by atoms with Crippen molar-refractivity contribution in [2.75, 3.05) is 40.3 Å². The SMILES string of the molecule is CC(CN(C)CC1CCN(C)C1)C(O)c1ccccc1F. The van der Waals surface area contributed by atoms with E-state index in [0.29, 0.717) is 11.5 Å². The molecule has 0 radical (unpaired) electrons. The molecule has 3 nitrogen and oxygen atoms in total. The van der Waals surface area contributed by atoms with Crippen LogP contribution in [-0.4, -0.2) is 55.2 Å². The van der Waals surface area contributed by atoms with Gasteiger partial charge in [0.05, 0.1) is 6.10 Å². The van der Waals surface area contributed by atoms with Crippen LogP contribution in [0.4, 0.5) is 4.39 Å². The minimum absolute atomic E-state index is 0.00559. The first kappa shape index (κ1) is 16.4. The van der Waals surface area contributed by atoms with E-state index in [4.69, 9.17) is 0 Å². The quantitative estimate of drug-likeness (QED) is 0.872. The third-order valence-corrected chi connectivity index (χ3v) is 4.42. The van der Waals surface area contributed by atoms with Crippen LogP contribution in [0.15, 0.2) is 24.3 Å². The number of benzene rings is 1. The molecule has 4 heteroatoms. The zero-order chi connectivity index (χ0) is 15.4. The topological polar surface area (TPSA) is 26.7 Å². The van der Waals surface area contributed by atoms with Crippen molar-refractivity contribution in [2.45, 2.75) is 19.4 Å². The number of hydrogen-bond donors (Lipinski definition) is 1. The lowest BCUT2D eigenvalue weighted by Gasteiger charge is -2.27. The number of aliphatic hydroxyl groups excluding tert-OH is 1. The molecule has 21 heavy (non-hydrogen) atoms. The number of rotatable bonds is 6. The van der Waals surface area contributed by atoms with Crippen molar-refractivity contribution >= 4 is 0 Å².